The van der Waals surface area contributed by atoms with Crippen LogP contribution in [0.4, 0.5) is 5.13 Å². The van der Waals surface area contributed by atoms with E-state index < -0.39 is 5.91 Å². The maximum Gasteiger partial charge on any atom is 0.268 e. The molecule has 0 atom stereocenters. The van der Waals surface area contributed by atoms with Crippen molar-refractivity contribution in [1.29, 1.82) is 5.26 Å². The Morgan fingerprint density at radius 3 is 2.68 bits per heavy atom. The number of aryl methyl sites for hydroxylation is 1. The predicted molar refractivity (Wildman–Crippen MR) is 120 cm³/mol. The molecule has 0 aliphatic carbocycles. The molecular weight excluding hydrogens is 412 g/mol. The molecule has 0 fully saturated rings. The van der Waals surface area contributed by atoms with Gasteiger partial charge in [0.1, 0.15) is 16.6 Å². The minimum absolute atomic E-state index is 0.0481. The number of ether oxygens (including phenoxy) is 2. The van der Waals surface area contributed by atoms with Crippen LogP contribution in [0.5, 0.6) is 11.5 Å². The number of methoxy groups -OCH3 is 1. The number of amides is 1. The number of carbonyl (C=O) groups is 1. The molecule has 0 bridgehead atoms. The summed E-state index contributed by atoms with van der Waals surface area (Å²) in [6.07, 6.45) is 3.00. The van der Waals surface area contributed by atoms with Gasteiger partial charge in [-0.2, -0.15) is 5.26 Å². The Kier molecular flexibility index (Phi) is 7.73. The summed E-state index contributed by atoms with van der Waals surface area (Å²) in [4.78, 5) is 12.4. The Bertz CT molecular complexity index is 1100. The molecule has 0 saturated heterocycles. The van der Waals surface area contributed by atoms with Crippen molar-refractivity contribution in [1.82, 2.24) is 10.2 Å². The normalized spacial score (nSPS) is 10.9. The Labute approximate surface area is 185 Å². The van der Waals surface area contributed by atoms with E-state index in [9.17, 15) is 10.1 Å². The zero-order valence-corrected chi connectivity index (χ0v) is 18.1. The fraction of sp³-hybridized carbons (Fsp3) is 0.217. The lowest BCUT2D eigenvalue weighted by molar-refractivity contribution is -0.112. The van der Waals surface area contributed by atoms with Gasteiger partial charge in [-0.05, 0) is 35.8 Å². The Morgan fingerprint density at radius 2 is 2.00 bits per heavy atom. The number of nitrogens with zero attached hydrogens (tertiary/aromatic N) is 3. The van der Waals surface area contributed by atoms with Gasteiger partial charge in [0.2, 0.25) is 5.13 Å². The molecular formula is C23H22N4O3S. The molecule has 8 heteroatoms. The maximum absolute atomic E-state index is 12.4. The second-order valence-corrected chi connectivity index (χ2v) is 7.53. The number of anilines is 1. The molecule has 0 spiro atoms. The third-order valence-electron chi connectivity index (χ3n) is 4.34. The second kappa shape index (κ2) is 10.9. The van der Waals surface area contributed by atoms with Crippen LogP contribution in [0.2, 0.25) is 0 Å². The van der Waals surface area contributed by atoms with Crippen molar-refractivity contribution < 1.29 is 14.3 Å². The number of carbonyl (C=O) groups excluding carboxylic acids is 1. The zero-order chi connectivity index (χ0) is 22.1. The number of hydrogen-bond donors (Lipinski definition) is 1. The zero-order valence-electron chi connectivity index (χ0n) is 17.3. The van der Waals surface area contributed by atoms with E-state index in [1.54, 1.807) is 25.3 Å². The molecule has 0 radical (unpaired) electrons. The summed E-state index contributed by atoms with van der Waals surface area (Å²) in [7, 11) is 1.55. The van der Waals surface area contributed by atoms with Crippen LogP contribution >= 0.6 is 11.3 Å². The topological polar surface area (TPSA) is 97.1 Å². The van der Waals surface area contributed by atoms with Gasteiger partial charge in [-0.1, -0.05) is 54.7 Å². The van der Waals surface area contributed by atoms with Crippen LogP contribution in [0.15, 0.2) is 54.1 Å². The number of hydrogen-bond acceptors (Lipinski definition) is 7. The molecule has 7 nitrogen and oxygen atoms in total. The number of nitriles is 1. The predicted octanol–water partition coefficient (Wildman–Crippen LogP) is 4.28. The first-order valence-electron chi connectivity index (χ1n) is 9.73. The Morgan fingerprint density at radius 1 is 1.19 bits per heavy atom. The fourth-order valence-corrected chi connectivity index (χ4v) is 3.42. The van der Waals surface area contributed by atoms with Gasteiger partial charge in [0, 0.05) is 6.42 Å². The van der Waals surface area contributed by atoms with Crippen molar-refractivity contribution >= 4 is 28.5 Å². The van der Waals surface area contributed by atoms with Crippen LogP contribution in [0.1, 0.15) is 23.1 Å². The standard InChI is InChI=1S/C23H22N4O3S/c1-3-21-26-27-23(31-21)25-22(28)18(15-24)13-17-9-10-19(20(14-17)29-2)30-12-11-16-7-5-4-6-8-16/h4-10,13-14H,3,11-12H2,1-2H3,(H,25,27,28). The molecule has 1 N–H and O–H groups in total. The van der Waals surface area contributed by atoms with Crippen molar-refractivity contribution in [2.45, 2.75) is 19.8 Å². The molecule has 31 heavy (non-hydrogen) atoms. The molecule has 2 aromatic carbocycles. The second-order valence-electron chi connectivity index (χ2n) is 6.47. The Balaban J connectivity index is 1.68. The number of rotatable bonds is 9. The van der Waals surface area contributed by atoms with Gasteiger partial charge in [0.25, 0.3) is 5.91 Å². The first kappa shape index (κ1) is 22.0. The van der Waals surface area contributed by atoms with Crippen molar-refractivity contribution in [3.8, 4) is 17.6 Å². The summed E-state index contributed by atoms with van der Waals surface area (Å²) >= 11 is 1.28. The van der Waals surface area contributed by atoms with Crippen molar-refractivity contribution in [2.75, 3.05) is 19.0 Å². The van der Waals surface area contributed by atoms with Crippen molar-refractivity contribution in [2.24, 2.45) is 0 Å². The smallest absolute Gasteiger partial charge is 0.268 e. The van der Waals surface area contributed by atoms with Crippen molar-refractivity contribution in [3.63, 3.8) is 0 Å². The molecule has 1 aromatic heterocycles. The summed E-state index contributed by atoms with van der Waals surface area (Å²) in [5.41, 5.74) is 1.78. The van der Waals surface area contributed by atoms with Crippen LogP contribution in [0.25, 0.3) is 6.08 Å². The summed E-state index contributed by atoms with van der Waals surface area (Å²) in [5.74, 6) is 0.583. The van der Waals surface area contributed by atoms with Gasteiger partial charge < -0.3 is 9.47 Å². The van der Waals surface area contributed by atoms with E-state index in [0.29, 0.717) is 28.8 Å². The van der Waals surface area contributed by atoms with E-state index in [2.05, 4.69) is 15.5 Å². The minimum Gasteiger partial charge on any atom is -0.493 e. The lowest BCUT2D eigenvalue weighted by Crippen LogP contribution is -2.13. The average Bonchev–Trinajstić information content (AvgIpc) is 3.26. The van der Waals surface area contributed by atoms with Gasteiger partial charge in [-0.3, -0.25) is 10.1 Å². The maximum atomic E-state index is 12.4. The van der Waals surface area contributed by atoms with E-state index in [4.69, 9.17) is 9.47 Å². The first-order chi connectivity index (χ1) is 15.1. The van der Waals surface area contributed by atoms with Crippen molar-refractivity contribution in [3.05, 3.63) is 70.2 Å². The van der Waals surface area contributed by atoms with Gasteiger partial charge in [-0.25, -0.2) is 0 Å². The van der Waals surface area contributed by atoms with E-state index in [1.165, 1.54) is 23.0 Å². The third kappa shape index (κ3) is 6.14. The van der Waals surface area contributed by atoms with E-state index >= 15 is 0 Å². The number of benzene rings is 2. The number of nitrogens with one attached hydrogen (secondary N) is 1. The highest BCUT2D eigenvalue weighted by Gasteiger charge is 2.13. The van der Waals surface area contributed by atoms with Gasteiger partial charge in [-0.15, -0.1) is 10.2 Å². The molecule has 3 rings (SSSR count). The molecule has 3 aromatic rings. The molecule has 0 unspecified atom stereocenters. The van der Waals surface area contributed by atoms with Crippen LogP contribution in [-0.4, -0.2) is 29.8 Å². The molecule has 1 heterocycles. The quantitative estimate of drug-likeness (QED) is 0.399. The fourth-order valence-electron chi connectivity index (χ4n) is 2.74. The van der Waals surface area contributed by atoms with Crippen LogP contribution in [0, 0.1) is 11.3 Å². The van der Waals surface area contributed by atoms with E-state index in [-0.39, 0.29) is 5.57 Å². The highest BCUT2D eigenvalue weighted by atomic mass is 32.1. The van der Waals surface area contributed by atoms with Crippen LogP contribution in [-0.2, 0) is 17.6 Å². The molecule has 0 aliphatic rings. The van der Waals surface area contributed by atoms with Gasteiger partial charge >= 0.3 is 0 Å². The SMILES string of the molecule is CCc1nnc(NC(=O)C(C#N)=Cc2ccc(OCCc3ccccc3)c(OC)c2)s1. The van der Waals surface area contributed by atoms with E-state index in [0.717, 1.165) is 17.8 Å². The summed E-state index contributed by atoms with van der Waals surface area (Å²) in [5, 5.41) is 21.1. The first-order valence-corrected chi connectivity index (χ1v) is 10.5. The van der Waals surface area contributed by atoms with E-state index in [1.807, 2.05) is 43.3 Å². The summed E-state index contributed by atoms with van der Waals surface area (Å²) in [6, 6.07) is 17.3. The molecule has 0 aliphatic heterocycles. The van der Waals surface area contributed by atoms with Crippen LogP contribution in [0.3, 0.4) is 0 Å². The lowest BCUT2D eigenvalue weighted by atomic mass is 10.1. The molecule has 1 amide bonds. The molecule has 0 saturated carbocycles. The highest BCUT2D eigenvalue weighted by molar-refractivity contribution is 7.15. The Hall–Kier alpha value is -3.70. The lowest BCUT2D eigenvalue weighted by Gasteiger charge is -2.11. The monoisotopic (exact) mass is 434 g/mol. The van der Waals surface area contributed by atoms with Gasteiger partial charge in [0.05, 0.1) is 13.7 Å². The summed E-state index contributed by atoms with van der Waals surface area (Å²) in [6.45, 7) is 2.46. The number of aromatic nitrogens is 2. The third-order valence-corrected chi connectivity index (χ3v) is 5.33. The van der Waals surface area contributed by atoms with Gasteiger partial charge in [0.15, 0.2) is 11.5 Å². The molecule has 158 valence electrons. The minimum atomic E-state index is -0.538. The highest BCUT2D eigenvalue weighted by Crippen LogP contribution is 2.29. The van der Waals surface area contributed by atoms with Crippen LogP contribution < -0.4 is 14.8 Å². The summed E-state index contributed by atoms with van der Waals surface area (Å²) < 4.78 is 11.3. The average molecular weight is 435 g/mol. The largest absolute Gasteiger partial charge is 0.493 e.